The summed E-state index contributed by atoms with van der Waals surface area (Å²) in [5.74, 6) is 0.0311. The molecule has 1 amide bonds. The third kappa shape index (κ3) is 7.44. The quantitative estimate of drug-likeness (QED) is 0.760. The molecule has 1 aliphatic heterocycles. The van der Waals surface area contributed by atoms with Crippen molar-refractivity contribution in [1.82, 2.24) is 10.2 Å². The molecule has 0 radical (unpaired) electrons. The number of morpholine rings is 1. The van der Waals surface area contributed by atoms with Crippen LogP contribution in [0.3, 0.4) is 0 Å². The number of benzene rings is 1. The average molecular weight is 397 g/mol. The second-order valence-corrected chi connectivity index (χ2v) is 9.36. The second kappa shape index (κ2) is 9.90. The normalized spacial score (nSPS) is 15.9. The highest BCUT2D eigenvalue weighted by molar-refractivity contribution is 5.94. The van der Waals surface area contributed by atoms with Crippen molar-refractivity contribution in [2.45, 2.75) is 58.8 Å². The molecule has 1 saturated heterocycles. The van der Waals surface area contributed by atoms with Crippen molar-refractivity contribution in [1.29, 1.82) is 0 Å². The van der Waals surface area contributed by atoms with Crippen LogP contribution in [0.5, 0.6) is 0 Å². The molecule has 154 valence electrons. The molecule has 0 aromatic heterocycles. The van der Waals surface area contributed by atoms with E-state index in [1.165, 1.54) is 11.1 Å². The van der Waals surface area contributed by atoms with Crippen molar-refractivity contribution < 1.29 is 9.53 Å². The molecule has 1 aliphatic rings. The van der Waals surface area contributed by atoms with Crippen LogP contribution in [-0.4, -0.2) is 50.2 Å². The smallest absolute Gasteiger partial charge is 0.251 e. The molecule has 2 rings (SSSR count). The first-order valence-corrected chi connectivity index (χ1v) is 9.82. The van der Waals surface area contributed by atoms with E-state index in [-0.39, 0.29) is 29.1 Å². The maximum absolute atomic E-state index is 12.7. The molecule has 1 fully saturated rings. The lowest BCUT2D eigenvalue weighted by atomic mass is 9.79. The Kier molecular flexibility index (Phi) is 8.78. The molecular weight excluding hydrogens is 360 g/mol. The van der Waals surface area contributed by atoms with Gasteiger partial charge in [-0.15, -0.1) is 12.4 Å². The number of carbonyl (C=O) groups is 1. The van der Waals surface area contributed by atoms with Crippen LogP contribution in [0.2, 0.25) is 0 Å². The van der Waals surface area contributed by atoms with E-state index in [1.54, 1.807) is 0 Å². The fourth-order valence-electron chi connectivity index (χ4n) is 3.06. The lowest BCUT2D eigenvalue weighted by molar-refractivity contribution is 0.0374. The highest BCUT2D eigenvalue weighted by atomic mass is 35.5. The molecule has 5 heteroatoms. The summed E-state index contributed by atoms with van der Waals surface area (Å²) >= 11 is 0. The van der Waals surface area contributed by atoms with Crippen molar-refractivity contribution in [3.63, 3.8) is 0 Å². The molecule has 1 aromatic carbocycles. The molecular formula is C22H37ClN2O2. The SMILES string of the molecule is CC(C)(C)c1cc(C(=O)NCCCN2CCOCC2)cc(C(C)(C)C)c1.Cl. The number of nitrogens with one attached hydrogen (secondary N) is 1. The van der Waals surface area contributed by atoms with E-state index < -0.39 is 0 Å². The van der Waals surface area contributed by atoms with Crippen molar-refractivity contribution in [2.75, 3.05) is 39.4 Å². The minimum absolute atomic E-state index is 0. The van der Waals surface area contributed by atoms with E-state index >= 15 is 0 Å². The van der Waals surface area contributed by atoms with E-state index in [1.807, 2.05) is 12.1 Å². The van der Waals surface area contributed by atoms with Gasteiger partial charge in [0.05, 0.1) is 13.2 Å². The van der Waals surface area contributed by atoms with Gasteiger partial charge in [0.2, 0.25) is 0 Å². The summed E-state index contributed by atoms with van der Waals surface area (Å²) in [4.78, 5) is 15.1. The van der Waals surface area contributed by atoms with Crippen LogP contribution in [0.4, 0.5) is 0 Å². The first kappa shape index (κ1) is 23.9. The summed E-state index contributed by atoms with van der Waals surface area (Å²) < 4.78 is 5.37. The van der Waals surface area contributed by atoms with E-state index in [0.717, 1.165) is 44.8 Å². The molecule has 27 heavy (non-hydrogen) atoms. The third-order valence-electron chi connectivity index (χ3n) is 4.97. The Morgan fingerprint density at radius 1 is 1.00 bits per heavy atom. The summed E-state index contributed by atoms with van der Waals surface area (Å²) in [7, 11) is 0. The number of rotatable bonds is 5. The van der Waals surface area contributed by atoms with Crippen molar-refractivity contribution in [3.8, 4) is 0 Å². The molecule has 0 saturated carbocycles. The topological polar surface area (TPSA) is 41.6 Å². The molecule has 4 nitrogen and oxygen atoms in total. The zero-order chi connectivity index (χ0) is 19.4. The van der Waals surface area contributed by atoms with Gasteiger partial charge in [-0.2, -0.15) is 0 Å². The lowest BCUT2D eigenvalue weighted by Crippen LogP contribution is -2.38. The van der Waals surface area contributed by atoms with Gasteiger partial charge in [0.25, 0.3) is 5.91 Å². The molecule has 0 atom stereocenters. The van der Waals surface area contributed by atoms with Crippen LogP contribution < -0.4 is 5.32 Å². The molecule has 0 unspecified atom stereocenters. The van der Waals surface area contributed by atoms with Gasteiger partial charge < -0.3 is 10.1 Å². The largest absolute Gasteiger partial charge is 0.379 e. The fraction of sp³-hybridized carbons (Fsp3) is 0.682. The van der Waals surface area contributed by atoms with Gasteiger partial charge in [-0.05, 0) is 47.1 Å². The number of carbonyl (C=O) groups excluding carboxylic acids is 1. The van der Waals surface area contributed by atoms with E-state index in [2.05, 4.69) is 57.8 Å². The van der Waals surface area contributed by atoms with E-state index in [9.17, 15) is 4.79 Å². The maximum atomic E-state index is 12.7. The monoisotopic (exact) mass is 396 g/mol. The van der Waals surface area contributed by atoms with Gasteiger partial charge in [0, 0.05) is 25.2 Å². The Bertz CT molecular complexity index is 579. The van der Waals surface area contributed by atoms with Gasteiger partial charge >= 0.3 is 0 Å². The zero-order valence-electron chi connectivity index (χ0n) is 17.9. The Hall–Kier alpha value is -1.10. The van der Waals surface area contributed by atoms with Crippen molar-refractivity contribution in [3.05, 3.63) is 34.9 Å². The van der Waals surface area contributed by atoms with Crippen molar-refractivity contribution >= 4 is 18.3 Å². The first-order valence-electron chi connectivity index (χ1n) is 9.82. The summed E-state index contributed by atoms with van der Waals surface area (Å²) in [6.07, 6.45) is 0.969. The van der Waals surface area contributed by atoms with Gasteiger partial charge in [-0.3, -0.25) is 9.69 Å². The van der Waals surface area contributed by atoms with Gasteiger partial charge in [0.1, 0.15) is 0 Å². The standard InChI is InChI=1S/C22H36N2O2.ClH/c1-21(2,3)18-14-17(15-19(16-18)22(4,5)6)20(25)23-8-7-9-24-10-12-26-13-11-24;/h14-16H,7-13H2,1-6H3,(H,23,25);1H. The molecule has 0 aliphatic carbocycles. The minimum atomic E-state index is 0. The highest BCUT2D eigenvalue weighted by Crippen LogP contribution is 2.30. The highest BCUT2D eigenvalue weighted by Gasteiger charge is 2.22. The summed E-state index contributed by atoms with van der Waals surface area (Å²) in [5, 5.41) is 3.10. The fourth-order valence-corrected chi connectivity index (χ4v) is 3.06. The Morgan fingerprint density at radius 2 is 1.52 bits per heavy atom. The van der Waals surface area contributed by atoms with Crippen LogP contribution in [0.15, 0.2) is 18.2 Å². The Morgan fingerprint density at radius 3 is 2.00 bits per heavy atom. The molecule has 0 spiro atoms. The number of hydrogen-bond acceptors (Lipinski definition) is 3. The summed E-state index contributed by atoms with van der Waals surface area (Å²) in [5.41, 5.74) is 3.24. The van der Waals surface area contributed by atoms with Crippen LogP contribution in [0, 0.1) is 0 Å². The zero-order valence-corrected chi connectivity index (χ0v) is 18.7. The first-order chi connectivity index (χ1) is 12.1. The number of ether oxygens (including phenoxy) is 1. The second-order valence-electron chi connectivity index (χ2n) is 9.36. The summed E-state index contributed by atoms with van der Waals surface area (Å²) in [6.45, 7) is 18.5. The van der Waals surface area contributed by atoms with Crippen LogP contribution in [-0.2, 0) is 15.6 Å². The van der Waals surface area contributed by atoms with Crippen LogP contribution in [0.1, 0.15) is 69.4 Å². The number of nitrogens with zero attached hydrogens (tertiary/aromatic N) is 1. The molecule has 0 bridgehead atoms. The predicted octanol–water partition coefficient (Wildman–Crippen LogP) is 4.16. The van der Waals surface area contributed by atoms with Crippen LogP contribution in [0.25, 0.3) is 0 Å². The number of amides is 1. The van der Waals surface area contributed by atoms with Crippen LogP contribution >= 0.6 is 12.4 Å². The van der Waals surface area contributed by atoms with Gasteiger partial charge in [0.15, 0.2) is 0 Å². The van der Waals surface area contributed by atoms with E-state index in [0.29, 0.717) is 6.54 Å². The average Bonchev–Trinajstić information content (AvgIpc) is 2.57. The predicted molar refractivity (Wildman–Crippen MR) is 115 cm³/mol. The minimum Gasteiger partial charge on any atom is -0.379 e. The maximum Gasteiger partial charge on any atom is 0.251 e. The number of hydrogen-bond donors (Lipinski definition) is 1. The van der Waals surface area contributed by atoms with E-state index in [4.69, 9.17) is 4.74 Å². The van der Waals surface area contributed by atoms with Gasteiger partial charge in [-0.25, -0.2) is 0 Å². The van der Waals surface area contributed by atoms with Gasteiger partial charge in [-0.1, -0.05) is 47.6 Å². The summed E-state index contributed by atoms with van der Waals surface area (Å²) in [6, 6.07) is 6.34. The Balaban J connectivity index is 0.00000364. The Labute approximate surface area is 171 Å². The molecule has 1 aromatic rings. The number of halogens is 1. The lowest BCUT2D eigenvalue weighted by Gasteiger charge is -2.27. The molecule has 1 N–H and O–H groups in total. The van der Waals surface area contributed by atoms with Crippen molar-refractivity contribution in [2.24, 2.45) is 0 Å². The third-order valence-corrected chi connectivity index (χ3v) is 4.97. The molecule has 1 heterocycles.